The summed E-state index contributed by atoms with van der Waals surface area (Å²) in [7, 11) is 1.36. The molecule has 1 aromatic carbocycles. The molecule has 1 aliphatic rings. The summed E-state index contributed by atoms with van der Waals surface area (Å²) in [4.78, 5) is 34.5. The number of methoxy groups -OCH3 is 1. The zero-order valence-electron chi connectivity index (χ0n) is 14.6. The number of hydrogen-bond donors (Lipinski definition) is 2. The highest BCUT2D eigenvalue weighted by molar-refractivity contribution is 5.95. The lowest BCUT2D eigenvalue weighted by Gasteiger charge is -2.15. The lowest BCUT2D eigenvalue weighted by atomic mass is 10.1. The minimum Gasteiger partial charge on any atom is -0.469 e. The molecule has 0 spiro atoms. The standard InChI is InChI=1S/C17H23N3O5/c1-10(2)18-16(21)11-5-7-14(15(9-11)20(23)24)19-13-6-4-12(8-13)17(22)25-3/h5,7,9-10,12-13,19H,4,6,8H2,1-3H3,(H,18,21)/t12-,13+/m0/s1. The number of anilines is 1. The van der Waals surface area contributed by atoms with Gasteiger partial charge in [-0.2, -0.15) is 0 Å². The van der Waals surface area contributed by atoms with Gasteiger partial charge in [0.05, 0.1) is 18.0 Å². The Morgan fingerprint density at radius 1 is 1.32 bits per heavy atom. The van der Waals surface area contributed by atoms with Crippen molar-refractivity contribution in [3.05, 3.63) is 33.9 Å². The van der Waals surface area contributed by atoms with Gasteiger partial charge < -0.3 is 15.4 Å². The van der Waals surface area contributed by atoms with E-state index in [1.165, 1.54) is 13.2 Å². The van der Waals surface area contributed by atoms with E-state index in [1.54, 1.807) is 12.1 Å². The van der Waals surface area contributed by atoms with Gasteiger partial charge in [-0.15, -0.1) is 0 Å². The summed E-state index contributed by atoms with van der Waals surface area (Å²) in [6, 6.07) is 4.27. The number of carbonyl (C=O) groups excluding carboxylic acids is 2. The van der Waals surface area contributed by atoms with Crippen LogP contribution in [0.4, 0.5) is 11.4 Å². The van der Waals surface area contributed by atoms with Gasteiger partial charge in [0, 0.05) is 23.7 Å². The van der Waals surface area contributed by atoms with Crippen molar-refractivity contribution in [2.75, 3.05) is 12.4 Å². The van der Waals surface area contributed by atoms with Crippen LogP contribution in [-0.4, -0.2) is 36.0 Å². The zero-order valence-corrected chi connectivity index (χ0v) is 14.6. The average Bonchev–Trinajstić information content (AvgIpc) is 3.02. The van der Waals surface area contributed by atoms with Crippen molar-refractivity contribution in [3.63, 3.8) is 0 Å². The minimum atomic E-state index is -0.513. The monoisotopic (exact) mass is 349 g/mol. The van der Waals surface area contributed by atoms with Gasteiger partial charge in [0.1, 0.15) is 5.69 Å². The average molecular weight is 349 g/mol. The van der Waals surface area contributed by atoms with Crippen LogP contribution in [0.2, 0.25) is 0 Å². The number of nitrogens with zero attached hydrogens (tertiary/aromatic N) is 1. The molecule has 1 fully saturated rings. The number of rotatable bonds is 6. The van der Waals surface area contributed by atoms with Gasteiger partial charge in [0.15, 0.2) is 0 Å². The maximum absolute atomic E-state index is 12.0. The maximum Gasteiger partial charge on any atom is 0.308 e. The number of ether oxygens (including phenoxy) is 1. The first-order valence-electron chi connectivity index (χ1n) is 8.25. The van der Waals surface area contributed by atoms with Crippen LogP contribution in [0.1, 0.15) is 43.5 Å². The minimum absolute atomic E-state index is 0.0434. The van der Waals surface area contributed by atoms with Crippen LogP contribution in [0.15, 0.2) is 18.2 Å². The molecule has 0 bridgehead atoms. The Balaban J connectivity index is 2.14. The van der Waals surface area contributed by atoms with E-state index in [4.69, 9.17) is 4.74 Å². The molecule has 0 aromatic heterocycles. The molecule has 25 heavy (non-hydrogen) atoms. The molecular weight excluding hydrogens is 326 g/mol. The molecule has 1 amide bonds. The molecule has 0 unspecified atom stereocenters. The van der Waals surface area contributed by atoms with Crippen LogP contribution in [0.25, 0.3) is 0 Å². The Bertz CT molecular complexity index is 674. The molecule has 0 aliphatic heterocycles. The fourth-order valence-corrected chi connectivity index (χ4v) is 3.00. The summed E-state index contributed by atoms with van der Waals surface area (Å²) < 4.78 is 4.75. The van der Waals surface area contributed by atoms with Crippen molar-refractivity contribution >= 4 is 23.3 Å². The molecule has 2 rings (SSSR count). The van der Waals surface area contributed by atoms with Crippen LogP contribution in [0, 0.1) is 16.0 Å². The van der Waals surface area contributed by atoms with Crippen molar-refractivity contribution in [3.8, 4) is 0 Å². The van der Waals surface area contributed by atoms with Gasteiger partial charge in [0.25, 0.3) is 11.6 Å². The van der Waals surface area contributed by atoms with Gasteiger partial charge in [-0.3, -0.25) is 19.7 Å². The Labute approximate surface area is 146 Å². The van der Waals surface area contributed by atoms with E-state index in [1.807, 2.05) is 13.8 Å². The zero-order chi connectivity index (χ0) is 18.6. The van der Waals surface area contributed by atoms with Gasteiger partial charge in [-0.25, -0.2) is 0 Å². The molecule has 2 N–H and O–H groups in total. The molecule has 0 radical (unpaired) electrons. The molecular formula is C17H23N3O5. The topological polar surface area (TPSA) is 111 Å². The van der Waals surface area contributed by atoms with Crippen molar-refractivity contribution in [2.45, 2.75) is 45.2 Å². The lowest BCUT2D eigenvalue weighted by molar-refractivity contribution is -0.384. The highest BCUT2D eigenvalue weighted by atomic mass is 16.6. The number of nitro benzene ring substituents is 1. The van der Waals surface area contributed by atoms with Crippen LogP contribution >= 0.6 is 0 Å². The van der Waals surface area contributed by atoms with Crippen molar-refractivity contribution in [1.29, 1.82) is 0 Å². The second-order valence-electron chi connectivity index (χ2n) is 6.49. The third kappa shape index (κ3) is 4.68. The third-order valence-electron chi connectivity index (χ3n) is 4.20. The molecule has 1 aromatic rings. The number of esters is 1. The first kappa shape index (κ1) is 18.7. The first-order valence-corrected chi connectivity index (χ1v) is 8.25. The summed E-state index contributed by atoms with van der Waals surface area (Å²) in [6.45, 7) is 3.64. The van der Waals surface area contributed by atoms with E-state index in [0.717, 1.165) is 6.42 Å². The smallest absolute Gasteiger partial charge is 0.308 e. The predicted molar refractivity (Wildman–Crippen MR) is 92.5 cm³/mol. The number of hydrogen-bond acceptors (Lipinski definition) is 6. The predicted octanol–water partition coefficient (Wildman–Crippen LogP) is 2.49. The van der Waals surface area contributed by atoms with Crippen LogP contribution < -0.4 is 10.6 Å². The molecule has 2 atom stereocenters. The lowest BCUT2D eigenvalue weighted by Crippen LogP contribution is -2.30. The summed E-state index contributed by atoms with van der Waals surface area (Å²) >= 11 is 0. The van der Waals surface area contributed by atoms with E-state index in [-0.39, 0.29) is 41.1 Å². The van der Waals surface area contributed by atoms with Crippen LogP contribution in [0.5, 0.6) is 0 Å². The maximum atomic E-state index is 12.0. The van der Waals surface area contributed by atoms with Crippen molar-refractivity contribution in [2.24, 2.45) is 5.92 Å². The molecule has 1 saturated carbocycles. The number of benzene rings is 1. The Hall–Kier alpha value is -2.64. The van der Waals surface area contributed by atoms with Crippen molar-refractivity contribution < 1.29 is 19.2 Å². The summed E-state index contributed by atoms with van der Waals surface area (Å²) in [5.74, 6) is -0.784. The van der Waals surface area contributed by atoms with Crippen LogP contribution in [-0.2, 0) is 9.53 Å². The second kappa shape index (κ2) is 7.96. The Morgan fingerprint density at radius 3 is 2.64 bits per heavy atom. The third-order valence-corrected chi connectivity index (χ3v) is 4.20. The normalized spacial score (nSPS) is 19.5. The fraction of sp³-hybridized carbons (Fsp3) is 0.529. The highest BCUT2D eigenvalue weighted by Crippen LogP contribution is 2.32. The van der Waals surface area contributed by atoms with Crippen LogP contribution in [0.3, 0.4) is 0 Å². The quantitative estimate of drug-likeness (QED) is 0.464. The Kier molecular flexibility index (Phi) is 5.95. The van der Waals surface area contributed by atoms with E-state index in [9.17, 15) is 19.7 Å². The molecule has 0 heterocycles. The second-order valence-corrected chi connectivity index (χ2v) is 6.49. The van der Waals surface area contributed by atoms with Crippen molar-refractivity contribution in [1.82, 2.24) is 5.32 Å². The SMILES string of the molecule is COC(=O)[C@H]1CC[C@@H](Nc2ccc(C(=O)NC(C)C)cc2[N+](=O)[O-])C1. The molecule has 0 saturated heterocycles. The molecule has 1 aliphatic carbocycles. The van der Waals surface area contributed by atoms with E-state index in [2.05, 4.69) is 10.6 Å². The largest absolute Gasteiger partial charge is 0.469 e. The molecule has 8 nitrogen and oxygen atoms in total. The van der Waals surface area contributed by atoms with Gasteiger partial charge in [-0.05, 0) is 45.2 Å². The van der Waals surface area contributed by atoms with Gasteiger partial charge in [0.2, 0.25) is 0 Å². The highest BCUT2D eigenvalue weighted by Gasteiger charge is 2.31. The number of carbonyl (C=O) groups is 2. The molecule has 136 valence electrons. The first-order chi connectivity index (χ1) is 11.8. The fourth-order valence-electron chi connectivity index (χ4n) is 3.00. The summed E-state index contributed by atoms with van der Waals surface area (Å²) in [5.41, 5.74) is 0.435. The number of nitrogens with one attached hydrogen (secondary N) is 2. The number of amides is 1. The molecule has 8 heteroatoms. The van der Waals surface area contributed by atoms with Gasteiger partial charge >= 0.3 is 5.97 Å². The summed E-state index contributed by atoms with van der Waals surface area (Å²) in [6.07, 6.45) is 1.99. The van der Waals surface area contributed by atoms with E-state index < -0.39 is 4.92 Å². The van der Waals surface area contributed by atoms with Gasteiger partial charge in [-0.1, -0.05) is 0 Å². The summed E-state index contributed by atoms with van der Waals surface area (Å²) in [5, 5.41) is 17.2. The van der Waals surface area contributed by atoms with E-state index in [0.29, 0.717) is 18.5 Å². The van der Waals surface area contributed by atoms with E-state index >= 15 is 0 Å². The Morgan fingerprint density at radius 2 is 2.04 bits per heavy atom. The number of nitro groups is 1.